The van der Waals surface area contributed by atoms with E-state index in [0.717, 1.165) is 5.69 Å². The van der Waals surface area contributed by atoms with Gasteiger partial charge in [-0.2, -0.15) is 0 Å². The molecule has 0 spiro atoms. The van der Waals surface area contributed by atoms with Crippen molar-refractivity contribution in [1.29, 1.82) is 0 Å². The first kappa shape index (κ1) is 14.6. The molecular weight excluding hydrogens is 272 g/mol. The Morgan fingerprint density at radius 1 is 1.24 bits per heavy atom. The first-order valence-electron chi connectivity index (χ1n) is 6.46. The molecule has 2 aromatic rings. The fourth-order valence-electron chi connectivity index (χ4n) is 1.79. The smallest absolute Gasteiger partial charge is 0.319 e. The summed E-state index contributed by atoms with van der Waals surface area (Å²) in [6.45, 7) is 0.491. The largest absolute Gasteiger partial charge is 0.481 e. The zero-order valence-electron chi connectivity index (χ0n) is 11.3. The Morgan fingerprint density at radius 3 is 2.62 bits per heavy atom. The Labute approximate surface area is 121 Å². The van der Waals surface area contributed by atoms with E-state index in [1.807, 2.05) is 0 Å². The lowest BCUT2D eigenvalue weighted by molar-refractivity contribution is -0.136. The molecule has 2 amide bonds. The number of benzene rings is 1. The van der Waals surface area contributed by atoms with Crippen molar-refractivity contribution in [2.24, 2.45) is 0 Å². The lowest BCUT2D eigenvalue weighted by Crippen LogP contribution is -2.30. The Kier molecular flexibility index (Phi) is 4.92. The zero-order valence-corrected chi connectivity index (χ0v) is 11.3. The van der Waals surface area contributed by atoms with Crippen molar-refractivity contribution in [3.63, 3.8) is 0 Å². The van der Waals surface area contributed by atoms with Crippen LogP contribution in [0.4, 0.5) is 10.5 Å². The molecule has 110 valence electrons. The maximum absolute atomic E-state index is 11.7. The summed E-state index contributed by atoms with van der Waals surface area (Å²) < 4.78 is 0. The zero-order chi connectivity index (χ0) is 15.1. The van der Waals surface area contributed by atoms with Gasteiger partial charge in [0.25, 0.3) is 0 Å². The molecular formula is C14H16N4O3. The number of hydrogen-bond acceptors (Lipinski definition) is 3. The van der Waals surface area contributed by atoms with Crippen LogP contribution in [-0.4, -0.2) is 33.6 Å². The summed E-state index contributed by atoms with van der Waals surface area (Å²) in [7, 11) is 0. The van der Waals surface area contributed by atoms with Gasteiger partial charge in [0.1, 0.15) is 0 Å². The number of urea groups is 1. The molecule has 21 heavy (non-hydrogen) atoms. The molecule has 1 aromatic heterocycles. The summed E-state index contributed by atoms with van der Waals surface area (Å²) in [4.78, 5) is 29.1. The number of carbonyl (C=O) groups is 2. The number of H-pyrrole nitrogens is 1. The van der Waals surface area contributed by atoms with Gasteiger partial charge >= 0.3 is 12.0 Å². The van der Waals surface area contributed by atoms with E-state index in [2.05, 4.69) is 20.6 Å². The van der Waals surface area contributed by atoms with Gasteiger partial charge in [-0.05, 0) is 17.7 Å². The van der Waals surface area contributed by atoms with Crippen molar-refractivity contribution in [3.8, 4) is 0 Å². The third-order valence-corrected chi connectivity index (χ3v) is 2.80. The van der Waals surface area contributed by atoms with Crippen LogP contribution in [0.15, 0.2) is 36.8 Å². The van der Waals surface area contributed by atoms with Gasteiger partial charge in [0.05, 0.1) is 12.7 Å². The number of anilines is 1. The number of aliphatic carboxylic acids is 1. The van der Waals surface area contributed by atoms with Crippen molar-refractivity contribution in [2.75, 3.05) is 11.9 Å². The van der Waals surface area contributed by atoms with Gasteiger partial charge in [-0.25, -0.2) is 9.78 Å². The van der Waals surface area contributed by atoms with E-state index in [9.17, 15) is 9.59 Å². The summed E-state index contributed by atoms with van der Waals surface area (Å²) in [5.74, 6) is -0.882. The second-order valence-electron chi connectivity index (χ2n) is 4.48. The van der Waals surface area contributed by atoms with Gasteiger partial charge in [0, 0.05) is 30.5 Å². The highest BCUT2D eigenvalue weighted by Crippen LogP contribution is 2.09. The van der Waals surface area contributed by atoms with Gasteiger partial charge in [-0.3, -0.25) is 4.79 Å². The van der Waals surface area contributed by atoms with E-state index < -0.39 is 5.97 Å². The molecule has 0 saturated heterocycles. The molecule has 1 heterocycles. The highest BCUT2D eigenvalue weighted by atomic mass is 16.4. The minimum absolute atomic E-state index is 0.0311. The molecule has 7 nitrogen and oxygen atoms in total. The first-order chi connectivity index (χ1) is 10.1. The first-order valence-corrected chi connectivity index (χ1v) is 6.46. The number of hydrogen-bond donors (Lipinski definition) is 4. The second-order valence-corrected chi connectivity index (χ2v) is 4.48. The maximum atomic E-state index is 11.7. The monoisotopic (exact) mass is 288 g/mol. The number of carboxylic acid groups (broad SMARTS) is 1. The predicted octanol–water partition coefficient (Wildman–Crippen LogP) is 1.40. The molecule has 4 N–H and O–H groups in total. The number of aromatic amines is 1. The maximum Gasteiger partial charge on any atom is 0.319 e. The Balaban J connectivity index is 1.75. The second kappa shape index (κ2) is 7.09. The van der Waals surface area contributed by atoms with Crippen LogP contribution >= 0.6 is 0 Å². The summed E-state index contributed by atoms with van der Waals surface area (Å²) >= 11 is 0. The molecule has 0 atom stereocenters. The van der Waals surface area contributed by atoms with E-state index in [-0.39, 0.29) is 12.5 Å². The minimum Gasteiger partial charge on any atom is -0.481 e. The molecule has 0 aliphatic heterocycles. The van der Waals surface area contributed by atoms with Crippen molar-refractivity contribution < 1.29 is 14.7 Å². The summed E-state index contributed by atoms with van der Waals surface area (Å²) in [5, 5.41) is 14.1. The van der Waals surface area contributed by atoms with Crippen molar-refractivity contribution in [2.45, 2.75) is 12.8 Å². The molecule has 0 radical (unpaired) electrons. The number of carboxylic acids is 1. The molecule has 0 fully saturated rings. The van der Waals surface area contributed by atoms with Crippen LogP contribution in [0.1, 0.15) is 11.3 Å². The average molecular weight is 288 g/mol. The topological polar surface area (TPSA) is 107 Å². The van der Waals surface area contributed by atoms with E-state index in [0.29, 0.717) is 24.2 Å². The highest BCUT2D eigenvalue weighted by molar-refractivity contribution is 5.89. The molecule has 1 aromatic carbocycles. The van der Waals surface area contributed by atoms with Gasteiger partial charge in [-0.1, -0.05) is 12.1 Å². The lowest BCUT2D eigenvalue weighted by atomic mass is 10.1. The highest BCUT2D eigenvalue weighted by Gasteiger charge is 2.03. The summed E-state index contributed by atoms with van der Waals surface area (Å²) in [6.07, 6.45) is 3.94. The van der Waals surface area contributed by atoms with Crippen LogP contribution in [0, 0.1) is 0 Å². The fraction of sp³-hybridized carbons (Fsp3) is 0.214. The summed E-state index contributed by atoms with van der Waals surface area (Å²) in [5.41, 5.74) is 2.25. The molecule has 0 aliphatic carbocycles. The fourth-order valence-corrected chi connectivity index (χ4v) is 1.79. The van der Waals surface area contributed by atoms with Crippen LogP contribution < -0.4 is 10.6 Å². The van der Waals surface area contributed by atoms with Crippen molar-refractivity contribution in [3.05, 3.63) is 48.0 Å². The average Bonchev–Trinajstić information content (AvgIpc) is 2.93. The number of amides is 2. The molecule has 0 aliphatic rings. The number of nitrogens with zero attached hydrogens (tertiary/aromatic N) is 1. The lowest BCUT2D eigenvalue weighted by Gasteiger charge is -2.07. The molecule has 0 saturated carbocycles. The van der Waals surface area contributed by atoms with E-state index in [4.69, 9.17) is 5.11 Å². The Bertz CT molecular complexity index is 593. The third-order valence-electron chi connectivity index (χ3n) is 2.80. The molecule has 7 heteroatoms. The molecule has 2 rings (SSSR count). The van der Waals surface area contributed by atoms with E-state index in [1.54, 1.807) is 36.8 Å². The SMILES string of the molecule is O=C(O)Cc1ccc(NC(=O)NCCc2cnc[nH]2)cc1. The van der Waals surface area contributed by atoms with Crippen LogP contribution in [-0.2, 0) is 17.6 Å². The normalized spacial score (nSPS) is 10.1. The number of rotatable bonds is 6. The van der Waals surface area contributed by atoms with Gasteiger partial charge in [-0.15, -0.1) is 0 Å². The number of aromatic nitrogens is 2. The van der Waals surface area contributed by atoms with Gasteiger partial charge in [0.15, 0.2) is 0 Å². The van der Waals surface area contributed by atoms with Crippen LogP contribution in [0.3, 0.4) is 0 Å². The quantitative estimate of drug-likeness (QED) is 0.644. The molecule has 0 bridgehead atoms. The van der Waals surface area contributed by atoms with E-state index in [1.165, 1.54) is 0 Å². The molecule has 0 unspecified atom stereocenters. The van der Waals surface area contributed by atoms with Crippen LogP contribution in [0.5, 0.6) is 0 Å². The van der Waals surface area contributed by atoms with Gasteiger partial charge < -0.3 is 20.7 Å². The number of imidazole rings is 1. The minimum atomic E-state index is -0.882. The van der Waals surface area contributed by atoms with Gasteiger partial charge in [0.2, 0.25) is 0 Å². The third kappa shape index (κ3) is 4.98. The number of carbonyl (C=O) groups excluding carboxylic acids is 1. The van der Waals surface area contributed by atoms with E-state index >= 15 is 0 Å². The summed E-state index contributed by atoms with van der Waals surface area (Å²) in [6, 6.07) is 6.39. The standard InChI is InChI=1S/C14H16N4O3/c19-13(20)7-10-1-3-11(4-2-10)18-14(21)16-6-5-12-8-15-9-17-12/h1-4,8-9H,5-7H2,(H,15,17)(H,19,20)(H2,16,18,21). The Morgan fingerprint density at radius 2 is 2.00 bits per heavy atom. The van der Waals surface area contributed by atoms with Crippen LogP contribution in [0.25, 0.3) is 0 Å². The predicted molar refractivity (Wildman–Crippen MR) is 77.1 cm³/mol. The number of nitrogens with one attached hydrogen (secondary N) is 3. The van der Waals surface area contributed by atoms with Crippen molar-refractivity contribution >= 4 is 17.7 Å². The van der Waals surface area contributed by atoms with Crippen LogP contribution in [0.2, 0.25) is 0 Å². The van der Waals surface area contributed by atoms with Crippen molar-refractivity contribution in [1.82, 2.24) is 15.3 Å². The Hall–Kier alpha value is -2.83.